The SMILES string of the molecule is COc1cccc([C@@H]2C(C(=O)Nc3ccccc3)=C(C)N=c3s/c(=C/c4cc(Br)c(I)o4)c(=O)n32)c1. The normalized spacial score (nSPS) is 15.4. The van der Waals surface area contributed by atoms with E-state index in [-0.39, 0.29) is 11.5 Å². The first kappa shape index (κ1) is 24.7. The number of nitrogens with zero attached hydrogens (tertiary/aromatic N) is 2. The van der Waals surface area contributed by atoms with Crippen molar-refractivity contribution in [3.05, 3.63) is 111 Å². The van der Waals surface area contributed by atoms with Gasteiger partial charge in [-0.05, 0) is 58.7 Å². The molecule has 182 valence electrons. The molecule has 0 unspecified atom stereocenters. The summed E-state index contributed by atoms with van der Waals surface area (Å²) in [5.41, 5.74) is 2.07. The van der Waals surface area contributed by atoms with E-state index in [2.05, 4.69) is 48.8 Å². The van der Waals surface area contributed by atoms with Crippen molar-refractivity contribution in [1.29, 1.82) is 0 Å². The molecule has 5 rings (SSSR count). The Morgan fingerprint density at radius 1 is 1.22 bits per heavy atom. The minimum absolute atomic E-state index is 0.258. The van der Waals surface area contributed by atoms with E-state index in [0.717, 1.165) is 10.0 Å². The van der Waals surface area contributed by atoms with Gasteiger partial charge < -0.3 is 14.5 Å². The maximum absolute atomic E-state index is 13.7. The molecule has 0 fully saturated rings. The van der Waals surface area contributed by atoms with Crippen molar-refractivity contribution in [2.75, 3.05) is 12.4 Å². The predicted octanol–water partition coefficient (Wildman–Crippen LogP) is 4.84. The zero-order valence-electron chi connectivity index (χ0n) is 19.1. The Kier molecular flexibility index (Phi) is 7.00. The Morgan fingerprint density at radius 2 is 2.00 bits per heavy atom. The van der Waals surface area contributed by atoms with Gasteiger partial charge in [-0.2, -0.15) is 0 Å². The number of hydrogen-bond acceptors (Lipinski definition) is 6. The Balaban J connectivity index is 1.69. The van der Waals surface area contributed by atoms with E-state index in [9.17, 15) is 9.59 Å². The van der Waals surface area contributed by atoms with E-state index in [0.29, 0.717) is 41.6 Å². The number of benzene rings is 2. The number of rotatable bonds is 5. The summed E-state index contributed by atoms with van der Waals surface area (Å²) in [6.45, 7) is 1.79. The smallest absolute Gasteiger partial charge is 0.271 e. The van der Waals surface area contributed by atoms with Gasteiger partial charge in [0, 0.05) is 34.4 Å². The quantitative estimate of drug-likeness (QED) is 0.307. The lowest BCUT2D eigenvalue weighted by molar-refractivity contribution is -0.113. The van der Waals surface area contributed by atoms with Crippen LogP contribution in [0.15, 0.2) is 90.6 Å². The van der Waals surface area contributed by atoms with Gasteiger partial charge in [0.2, 0.25) is 0 Å². The lowest BCUT2D eigenvalue weighted by Crippen LogP contribution is -2.40. The second-order valence-corrected chi connectivity index (χ2v) is 10.8. The van der Waals surface area contributed by atoms with Crippen molar-refractivity contribution in [3.63, 3.8) is 0 Å². The minimum atomic E-state index is -0.689. The molecule has 0 saturated carbocycles. The number of methoxy groups -OCH3 is 1. The number of aromatic nitrogens is 1. The number of amides is 1. The highest BCUT2D eigenvalue weighted by Gasteiger charge is 2.32. The van der Waals surface area contributed by atoms with Crippen molar-refractivity contribution >= 4 is 67.5 Å². The molecule has 36 heavy (non-hydrogen) atoms. The molecule has 2 aromatic carbocycles. The van der Waals surface area contributed by atoms with E-state index in [1.165, 1.54) is 11.3 Å². The van der Waals surface area contributed by atoms with Crippen LogP contribution in [-0.4, -0.2) is 17.6 Å². The Bertz CT molecular complexity index is 1670. The summed E-state index contributed by atoms with van der Waals surface area (Å²) in [6, 6.07) is 17.7. The number of para-hydroxylation sites is 1. The molecule has 0 radical (unpaired) electrons. The maximum Gasteiger partial charge on any atom is 0.271 e. The molecule has 3 heterocycles. The van der Waals surface area contributed by atoms with Crippen LogP contribution in [0.1, 0.15) is 24.3 Å². The van der Waals surface area contributed by atoms with Crippen LogP contribution in [-0.2, 0) is 4.79 Å². The number of hydrogen-bond donors (Lipinski definition) is 1. The van der Waals surface area contributed by atoms with Crippen molar-refractivity contribution in [2.45, 2.75) is 13.0 Å². The van der Waals surface area contributed by atoms with Crippen LogP contribution in [0.5, 0.6) is 5.75 Å². The summed E-state index contributed by atoms with van der Waals surface area (Å²) >= 11 is 6.77. The monoisotopic (exact) mass is 675 g/mol. The predicted molar refractivity (Wildman–Crippen MR) is 151 cm³/mol. The van der Waals surface area contributed by atoms with Gasteiger partial charge in [-0.15, -0.1) is 0 Å². The van der Waals surface area contributed by atoms with Gasteiger partial charge in [0.1, 0.15) is 11.5 Å². The van der Waals surface area contributed by atoms with Gasteiger partial charge in [0.25, 0.3) is 11.5 Å². The van der Waals surface area contributed by atoms with E-state index in [4.69, 9.17) is 9.15 Å². The summed E-state index contributed by atoms with van der Waals surface area (Å²) in [5, 5.41) is 2.95. The van der Waals surface area contributed by atoms with Crippen LogP contribution in [0.3, 0.4) is 0 Å². The molecular formula is C26H19BrIN3O4S. The first-order valence-electron chi connectivity index (χ1n) is 10.8. The number of carbonyl (C=O) groups is 1. The van der Waals surface area contributed by atoms with Gasteiger partial charge >= 0.3 is 0 Å². The lowest BCUT2D eigenvalue weighted by atomic mass is 9.95. The molecular weight excluding hydrogens is 657 g/mol. The van der Waals surface area contributed by atoms with Crippen LogP contribution < -0.4 is 24.9 Å². The fraction of sp³-hybridized carbons (Fsp3) is 0.115. The average molecular weight is 676 g/mol. The van der Waals surface area contributed by atoms with Crippen LogP contribution >= 0.6 is 49.9 Å². The largest absolute Gasteiger partial charge is 0.497 e. The highest BCUT2D eigenvalue weighted by molar-refractivity contribution is 14.1. The molecule has 7 nitrogen and oxygen atoms in total. The molecule has 1 N–H and O–H groups in total. The molecule has 0 aliphatic carbocycles. The van der Waals surface area contributed by atoms with Crippen molar-refractivity contribution in [3.8, 4) is 5.75 Å². The third kappa shape index (κ3) is 4.72. The summed E-state index contributed by atoms with van der Waals surface area (Å²) in [5.74, 6) is 0.850. The van der Waals surface area contributed by atoms with E-state index in [1.807, 2.05) is 60.7 Å². The highest BCUT2D eigenvalue weighted by atomic mass is 127. The number of thiazole rings is 1. The topological polar surface area (TPSA) is 85.8 Å². The molecule has 0 spiro atoms. The molecule has 0 bridgehead atoms. The van der Waals surface area contributed by atoms with Crippen molar-refractivity contribution < 1.29 is 13.9 Å². The molecule has 1 aliphatic heterocycles. The van der Waals surface area contributed by atoms with Gasteiger partial charge in [0.05, 0.1) is 33.4 Å². The molecule has 10 heteroatoms. The molecule has 4 aromatic rings. The fourth-order valence-corrected chi connectivity index (χ4v) is 5.77. The molecule has 1 atom stereocenters. The maximum atomic E-state index is 13.7. The van der Waals surface area contributed by atoms with Crippen LogP contribution in [0.4, 0.5) is 5.69 Å². The second kappa shape index (κ2) is 10.2. The number of ether oxygens (including phenoxy) is 1. The lowest BCUT2D eigenvalue weighted by Gasteiger charge is -2.25. The standard InChI is InChI=1S/C26H19BrIN3O4S/c1-14-21(24(32)30-16-8-4-3-5-9-16)22(15-7-6-10-17(11-15)34-2)31-25(33)20(36-26(31)29-14)13-18-12-19(27)23(28)35-18/h3-13,22H,1-2H3,(H,30,32)/b20-13+/t22-/m1/s1. The molecule has 0 saturated heterocycles. The summed E-state index contributed by atoms with van der Waals surface area (Å²) in [4.78, 5) is 32.5. The summed E-state index contributed by atoms with van der Waals surface area (Å²) < 4.78 is 14.7. The van der Waals surface area contributed by atoms with Gasteiger partial charge in [-0.1, -0.05) is 41.7 Å². The summed E-state index contributed by atoms with van der Waals surface area (Å²) in [6.07, 6.45) is 1.70. The third-order valence-corrected chi connectivity index (χ3v) is 8.76. The van der Waals surface area contributed by atoms with E-state index in [1.54, 1.807) is 24.7 Å². The number of furan rings is 1. The minimum Gasteiger partial charge on any atom is -0.497 e. The van der Waals surface area contributed by atoms with Crippen LogP contribution in [0.25, 0.3) is 6.08 Å². The van der Waals surface area contributed by atoms with Crippen LogP contribution in [0, 0.1) is 3.77 Å². The Labute approximate surface area is 232 Å². The van der Waals surface area contributed by atoms with Crippen molar-refractivity contribution in [2.24, 2.45) is 4.99 Å². The van der Waals surface area contributed by atoms with E-state index < -0.39 is 6.04 Å². The molecule has 1 aliphatic rings. The van der Waals surface area contributed by atoms with Gasteiger partial charge in [-0.3, -0.25) is 14.2 Å². The average Bonchev–Trinajstić information content (AvgIpc) is 3.35. The zero-order valence-corrected chi connectivity index (χ0v) is 23.7. The van der Waals surface area contributed by atoms with Gasteiger partial charge in [-0.25, -0.2) is 4.99 Å². The first-order valence-corrected chi connectivity index (χ1v) is 13.5. The second-order valence-electron chi connectivity index (χ2n) is 7.95. The van der Waals surface area contributed by atoms with E-state index >= 15 is 0 Å². The third-order valence-electron chi connectivity index (χ3n) is 5.65. The highest BCUT2D eigenvalue weighted by Crippen LogP contribution is 2.32. The number of nitrogens with one attached hydrogen (secondary N) is 1. The summed E-state index contributed by atoms with van der Waals surface area (Å²) in [7, 11) is 1.58. The molecule has 1 amide bonds. The Morgan fingerprint density at radius 3 is 2.69 bits per heavy atom. The number of halogens is 2. The fourth-order valence-electron chi connectivity index (χ4n) is 4.02. The number of anilines is 1. The zero-order chi connectivity index (χ0) is 25.4. The van der Waals surface area contributed by atoms with Crippen LogP contribution in [0.2, 0.25) is 0 Å². The number of carbonyl (C=O) groups excluding carboxylic acids is 1. The first-order chi connectivity index (χ1) is 17.4. The number of allylic oxidation sites excluding steroid dienone is 1. The van der Waals surface area contributed by atoms with Crippen molar-refractivity contribution in [1.82, 2.24) is 4.57 Å². The Hall–Kier alpha value is -2.96. The molecule has 2 aromatic heterocycles. The van der Waals surface area contributed by atoms with Gasteiger partial charge in [0.15, 0.2) is 8.57 Å². The number of fused-ring (bicyclic) bond motifs is 1.